The van der Waals surface area contributed by atoms with Crippen molar-refractivity contribution in [1.29, 1.82) is 0 Å². The predicted molar refractivity (Wildman–Crippen MR) is 96.3 cm³/mol. The van der Waals surface area contributed by atoms with E-state index in [0.717, 1.165) is 0 Å². The molecule has 0 amide bonds. The molecule has 0 saturated heterocycles. The lowest BCUT2D eigenvalue weighted by Gasteiger charge is -2.14. The Balaban J connectivity index is 2.46. The van der Waals surface area contributed by atoms with Gasteiger partial charge in [-0.25, -0.2) is 8.42 Å². The molecule has 0 saturated carbocycles. The summed E-state index contributed by atoms with van der Waals surface area (Å²) in [7, 11) is -3.75. The highest BCUT2D eigenvalue weighted by Crippen LogP contribution is 2.39. The topological polar surface area (TPSA) is 55.4 Å². The van der Waals surface area contributed by atoms with E-state index in [1.165, 1.54) is 24.3 Å². The Hall–Kier alpha value is -0.560. The fourth-order valence-corrected chi connectivity index (χ4v) is 3.04. The Morgan fingerprint density at radius 1 is 0.913 bits per heavy atom. The molecule has 2 rings (SSSR count). The van der Waals surface area contributed by atoms with Crippen molar-refractivity contribution in [3.05, 3.63) is 50.4 Å². The van der Waals surface area contributed by atoms with Gasteiger partial charge in [-0.15, -0.1) is 11.6 Å². The first-order chi connectivity index (χ1) is 10.7. The van der Waals surface area contributed by atoms with Gasteiger partial charge in [-0.3, -0.25) is 4.72 Å². The minimum Gasteiger partial charge on any atom is -0.454 e. The summed E-state index contributed by atoms with van der Waals surface area (Å²) in [6.45, 7) is 0. The third-order valence-electron chi connectivity index (χ3n) is 2.55. The standard InChI is InChI=1S/C13H8Cl5NO3S/c14-6-23(20,21)19-11-4-8(16)9(17)5-13(11)22-12-2-1-7(15)3-10(12)18/h1-5,19H,6H2. The fourth-order valence-electron chi connectivity index (χ4n) is 1.56. The first-order valence-electron chi connectivity index (χ1n) is 5.90. The van der Waals surface area contributed by atoms with Crippen LogP contribution in [0.1, 0.15) is 0 Å². The summed E-state index contributed by atoms with van der Waals surface area (Å²) in [6.07, 6.45) is 0. The molecule has 0 radical (unpaired) electrons. The summed E-state index contributed by atoms with van der Waals surface area (Å²) in [5.41, 5.74) is 0.0751. The maximum atomic E-state index is 11.7. The van der Waals surface area contributed by atoms with Crippen LogP contribution in [0, 0.1) is 0 Å². The second-order valence-electron chi connectivity index (χ2n) is 4.27. The molecule has 2 aromatic rings. The maximum Gasteiger partial charge on any atom is 0.246 e. The van der Waals surface area contributed by atoms with E-state index in [-0.39, 0.29) is 32.3 Å². The molecule has 124 valence electrons. The van der Waals surface area contributed by atoms with E-state index in [2.05, 4.69) is 4.72 Å². The summed E-state index contributed by atoms with van der Waals surface area (Å²) in [5.74, 6) is 0.373. The number of hydrogen-bond donors (Lipinski definition) is 1. The average molecular weight is 436 g/mol. The summed E-state index contributed by atoms with van der Waals surface area (Å²) in [5, 5.41) is 0.373. The maximum absolute atomic E-state index is 11.7. The average Bonchev–Trinajstić information content (AvgIpc) is 2.46. The number of benzene rings is 2. The highest BCUT2D eigenvalue weighted by Gasteiger charge is 2.16. The number of ether oxygens (including phenoxy) is 1. The van der Waals surface area contributed by atoms with Gasteiger partial charge in [-0.05, 0) is 24.3 Å². The number of hydrogen-bond acceptors (Lipinski definition) is 3. The molecule has 0 atom stereocenters. The second-order valence-corrected chi connectivity index (χ2v) is 8.23. The van der Waals surface area contributed by atoms with Crippen LogP contribution in [-0.2, 0) is 10.0 Å². The van der Waals surface area contributed by atoms with E-state index in [0.29, 0.717) is 5.02 Å². The highest BCUT2D eigenvalue weighted by molar-refractivity contribution is 7.93. The van der Waals surface area contributed by atoms with Crippen LogP contribution in [0.5, 0.6) is 11.5 Å². The number of nitrogens with one attached hydrogen (secondary N) is 1. The summed E-state index contributed by atoms with van der Waals surface area (Å²) in [6, 6.07) is 7.27. The first-order valence-corrected chi connectivity index (χ1v) is 9.60. The third kappa shape index (κ3) is 4.95. The molecular weight excluding hydrogens is 427 g/mol. The van der Waals surface area contributed by atoms with Gasteiger partial charge < -0.3 is 4.74 Å². The highest BCUT2D eigenvalue weighted by atomic mass is 35.5. The van der Waals surface area contributed by atoms with Crippen molar-refractivity contribution in [1.82, 2.24) is 0 Å². The Morgan fingerprint density at radius 2 is 1.57 bits per heavy atom. The van der Waals surface area contributed by atoms with Crippen LogP contribution in [0.4, 0.5) is 5.69 Å². The molecule has 0 aromatic heterocycles. The normalized spacial score (nSPS) is 11.3. The molecule has 0 unspecified atom stereocenters. The van der Waals surface area contributed by atoms with Gasteiger partial charge in [0.15, 0.2) is 5.75 Å². The molecule has 4 nitrogen and oxygen atoms in total. The van der Waals surface area contributed by atoms with Gasteiger partial charge in [0.25, 0.3) is 0 Å². The summed E-state index contributed by atoms with van der Waals surface area (Å²) < 4.78 is 31.2. The number of sulfonamides is 1. The van der Waals surface area contributed by atoms with Crippen molar-refractivity contribution < 1.29 is 13.2 Å². The first kappa shape index (κ1) is 18.8. The van der Waals surface area contributed by atoms with Crippen molar-refractivity contribution >= 4 is 73.7 Å². The summed E-state index contributed by atoms with van der Waals surface area (Å²) in [4.78, 5) is 0. The van der Waals surface area contributed by atoms with Crippen molar-refractivity contribution in [2.75, 3.05) is 9.93 Å². The SMILES string of the molecule is O=S(=O)(CCl)Nc1cc(Cl)c(Cl)cc1Oc1ccc(Cl)cc1Cl. The Labute approximate surface area is 158 Å². The smallest absolute Gasteiger partial charge is 0.246 e. The molecular formula is C13H8Cl5NO3S. The zero-order valence-electron chi connectivity index (χ0n) is 11.1. The van der Waals surface area contributed by atoms with Gasteiger partial charge in [0.1, 0.15) is 11.0 Å². The molecule has 23 heavy (non-hydrogen) atoms. The van der Waals surface area contributed by atoms with E-state index < -0.39 is 15.2 Å². The molecule has 0 bridgehead atoms. The van der Waals surface area contributed by atoms with Crippen LogP contribution in [0.3, 0.4) is 0 Å². The quantitative estimate of drug-likeness (QED) is 0.584. The van der Waals surface area contributed by atoms with Gasteiger partial charge in [0, 0.05) is 11.1 Å². The molecule has 0 aliphatic heterocycles. The van der Waals surface area contributed by atoms with Crippen molar-refractivity contribution in [3.8, 4) is 11.5 Å². The lowest BCUT2D eigenvalue weighted by molar-refractivity contribution is 0.485. The molecule has 0 heterocycles. The van der Waals surface area contributed by atoms with Gasteiger partial charge in [-0.1, -0.05) is 46.4 Å². The van der Waals surface area contributed by atoms with Crippen LogP contribution in [-0.4, -0.2) is 13.6 Å². The molecule has 1 N–H and O–H groups in total. The fraction of sp³-hybridized carbons (Fsp3) is 0.0769. The van der Waals surface area contributed by atoms with Crippen molar-refractivity contribution in [3.63, 3.8) is 0 Å². The van der Waals surface area contributed by atoms with Crippen molar-refractivity contribution in [2.45, 2.75) is 0 Å². The van der Waals surface area contributed by atoms with E-state index in [4.69, 9.17) is 62.7 Å². The zero-order chi connectivity index (χ0) is 17.2. The van der Waals surface area contributed by atoms with Gasteiger partial charge in [0.2, 0.25) is 10.0 Å². The number of rotatable bonds is 5. The van der Waals surface area contributed by atoms with Crippen LogP contribution < -0.4 is 9.46 Å². The third-order valence-corrected chi connectivity index (χ3v) is 5.48. The lowest BCUT2D eigenvalue weighted by Crippen LogP contribution is -2.14. The Kier molecular flexibility index (Phi) is 6.16. The van der Waals surface area contributed by atoms with Crippen LogP contribution in [0.2, 0.25) is 20.1 Å². The van der Waals surface area contributed by atoms with E-state index in [9.17, 15) is 8.42 Å². The Bertz CT molecular complexity index is 842. The monoisotopic (exact) mass is 433 g/mol. The number of alkyl halides is 1. The van der Waals surface area contributed by atoms with Gasteiger partial charge >= 0.3 is 0 Å². The predicted octanol–water partition coefficient (Wildman–Crippen LogP) is 6.03. The van der Waals surface area contributed by atoms with E-state index in [1.807, 2.05) is 0 Å². The van der Waals surface area contributed by atoms with E-state index >= 15 is 0 Å². The molecule has 2 aromatic carbocycles. The van der Waals surface area contributed by atoms with Crippen molar-refractivity contribution in [2.24, 2.45) is 0 Å². The van der Waals surface area contributed by atoms with Gasteiger partial charge in [0.05, 0.1) is 20.8 Å². The molecule has 0 fully saturated rings. The Morgan fingerprint density at radius 3 is 2.17 bits per heavy atom. The van der Waals surface area contributed by atoms with Gasteiger partial charge in [-0.2, -0.15) is 0 Å². The van der Waals surface area contributed by atoms with Crippen LogP contribution in [0.15, 0.2) is 30.3 Å². The second kappa shape index (κ2) is 7.55. The minimum absolute atomic E-state index is 0.0751. The molecule has 10 heteroatoms. The van der Waals surface area contributed by atoms with Crippen LogP contribution >= 0.6 is 58.0 Å². The largest absolute Gasteiger partial charge is 0.454 e. The summed E-state index contributed by atoms with van der Waals surface area (Å²) >= 11 is 29.1. The number of halogens is 5. The van der Waals surface area contributed by atoms with E-state index in [1.54, 1.807) is 6.07 Å². The number of anilines is 1. The minimum atomic E-state index is -3.75. The molecule has 0 aliphatic carbocycles. The lowest BCUT2D eigenvalue weighted by atomic mass is 10.3. The molecule has 0 spiro atoms. The molecule has 0 aliphatic rings. The van der Waals surface area contributed by atoms with Crippen LogP contribution in [0.25, 0.3) is 0 Å². The zero-order valence-corrected chi connectivity index (χ0v) is 15.7.